The van der Waals surface area contributed by atoms with Crippen molar-refractivity contribution in [1.82, 2.24) is 0 Å². The fourth-order valence-electron chi connectivity index (χ4n) is 4.01. The Balaban J connectivity index is 1.64. The monoisotopic (exact) mass is 386 g/mol. The molecule has 0 spiro atoms. The highest BCUT2D eigenvalue weighted by molar-refractivity contribution is 5.42. The maximum absolute atomic E-state index is 10.4. The SMILES string of the molecule is CCc1ccc(C2OCc3ccc(C4OC(CO)C(O)C(O)C4O)cc32)cc1. The summed E-state index contributed by atoms with van der Waals surface area (Å²) in [5, 5.41) is 39.9. The molecule has 2 aromatic carbocycles. The average molecular weight is 386 g/mol. The molecule has 6 unspecified atom stereocenters. The molecule has 28 heavy (non-hydrogen) atoms. The van der Waals surface area contributed by atoms with Crippen molar-refractivity contribution in [2.45, 2.75) is 56.6 Å². The molecule has 2 aliphatic heterocycles. The van der Waals surface area contributed by atoms with Gasteiger partial charge in [-0.05, 0) is 40.3 Å². The lowest BCUT2D eigenvalue weighted by Gasteiger charge is -2.40. The lowest BCUT2D eigenvalue weighted by molar-refractivity contribution is -0.231. The van der Waals surface area contributed by atoms with Crippen molar-refractivity contribution in [1.29, 1.82) is 0 Å². The van der Waals surface area contributed by atoms with E-state index in [9.17, 15) is 20.4 Å². The van der Waals surface area contributed by atoms with E-state index in [4.69, 9.17) is 9.47 Å². The van der Waals surface area contributed by atoms with Gasteiger partial charge in [0.1, 0.15) is 36.6 Å². The van der Waals surface area contributed by atoms with Crippen LogP contribution in [0.25, 0.3) is 0 Å². The molecule has 2 aliphatic rings. The van der Waals surface area contributed by atoms with Crippen LogP contribution in [-0.4, -0.2) is 51.4 Å². The quantitative estimate of drug-likeness (QED) is 0.634. The lowest BCUT2D eigenvalue weighted by Crippen LogP contribution is -2.55. The van der Waals surface area contributed by atoms with Gasteiger partial charge in [-0.25, -0.2) is 0 Å². The third kappa shape index (κ3) is 3.37. The Hall–Kier alpha value is -1.80. The van der Waals surface area contributed by atoms with Gasteiger partial charge in [-0.1, -0.05) is 43.3 Å². The molecule has 2 aromatic rings. The second kappa shape index (κ2) is 7.91. The maximum atomic E-state index is 10.4. The molecule has 1 fully saturated rings. The molecule has 6 atom stereocenters. The van der Waals surface area contributed by atoms with Crippen LogP contribution in [0.4, 0.5) is 0 Å². The zero-order valence-corrected chi connectivity index (χ0v) is 15.7. The van der Waals surface area contributed by atoms with Crippen LogP contribution in [0.1, 0.15) is 46.9 Å². The van der Waals surface area contributed by atoms with Crippen molar-refractivity contribution in [2.75, 3.05) is 6.61 Å². The van der Waals surface area contributed by atoms with Crippen LogP contribution in [-0.2, 0) is 22.5 Å². The number of hydrogen-bond acceptors (Lipinski definition) is 6. The summed E-state index contributed by atoms with van der Waals surface area (Å²) in [4.78, 5) is 0. The molecule has 6 heteroatoms. The minimum atomic E-state index is -1.39. The van der Waals surface area contributed by atoms with Crippen LogP contribution in [0.3, 0.4) is 0 Å². The second-order valence-corrected chi connectivity index (χ2v) is 7.49. The topological polar surface area (TPSA) is 99.4 Å². The van der Waals surface area contributed by atoms with E-state index >= 15 is 0 Å². The number of ether oxygens (including phenoxy) is 2. The standard InChI is InChI=1S/C22H26O6/c1-2-12-3-5-13(6-4-12)21-16-9-14(7-8-15(16)11-27-21)22-20(26)19(25)18(24)17(10-23)28-22/h3-9,17-26H,2,10-11H2,1H3. The van der Waals surface area contributed by atoms with Crippen molar-refractivity contribution in [3.8, 4) is 0 Å². The highest BCUT2D eigenvalue weighted by Crippen LogP contribution is 2.39. The summed E-state index contributed by atoms with van der Waals surface area (Å²) in [6.45, 7) is 2.18. The first-order valence-corrected chi connectivity index (χ1v) is 9.67. The van der Waals surface area contributed by atoms with Crippen LogP contribution in [0, 0.1) is 0 Å². The van der Waals surface area contributed by atoms with Crippen molar-refractivity contribution >= 4 is 0 Å². The number of hydrogen-bond donors (Lipinski definition) is 4. The summed E-state index contributed by atoms with van der Waals surface area (Å²) in [6, 6.07) is 14.0. The smallest absolute Gasteiger partial charge is 0.113 e. The Kier molecular flexibility index (Phi) is 5.51. The van der Waals surface area contributed by atoms with Gasteiger partial charge in [0.15, 0.2) is 0 Å². The molecule has 0 bridgehead atoms. The largest absolute Gasteiger partial charge is 0.394 e. The van der Waals surface area contributed by atoms with Gasteiger partial charge in [-0.3, -0.25) is 0 Å². The fraction of sp³-hybridized carbons (Fsp3) is 0.455. The lowest BCUT2D eigenvalue weighted by atomic mass is 9.89. The van der Waals surface area contributed by atoms with E-state index in [0.717, 1.165) is 23.1 Å². The molecule has 1 saturated heterocycles. The van der Waals surface area contributed by atoms with Gasteiger partial charge in [-0.15, -0.1) is 0 Å². The van der Waals surface area contributed by atoms with Gasteiger partial charge in [0, 0.05) is 0 Å². The molecule has 150 valence electrons. The number of aryl methyl sites for hydroxylation is 1. The van der Waals surface area contributed by atoms with Crippen molar-refractivity contribution < 1.29 is 29.9 Å². The zero-order valence-electron chi connectivity index (χ0n) is 15.7. The number of aliphatic hydroxyl groups is 4. The van der Waals surface area contributed by atoms with Crippen LogP contribution < -0.4 is 0 Å². The number of fused-ring (bicyclic) bond motifs is 1. The Bertz CT molecular complexity index is 818. The van der Waals surface area contributed by atoms with Crippen molar-refractivity contribution in [2.24, 2.45) is 0 Å². The summed E-state index contributed by atoms with van der Waals surface area (Å²) < 4.78 is 11.7. The normalized spacial score (nSPS) is 32.3. The van der Waals surface area contributed by atoms with E-state index in [-0.39, 0.29) is 6.10 Å². The maximum Gasteiger partial charge on any atom is 0.113 e. The molecule has 0 aliphatic carbocycles. The van der Waals surface area contributed by atoms with Crippen molar-refractivity contribution in [3.63, 3.8) is 0 Å². The van der Waals surface area contributed by atoms with Gasteiger partial charge >= 0.3 is 0 Å². The summed E-state index contributed by atoms with van der Waals surface area (Å²) >= 11 is 0. The van der Waals surface area contributed by atoms with Gasteiger partial charge in [0.2, 0.25) is 0 Å². The molecule has 4 N–H and O–H groups in total. The number of aliphatic hydroxyl groups excluding tert-OH is 4. The third-order valence-corrected chi connectivity index (χ3v) is 5.77. The van der Waals surface area contributed by atoms with Crippen molar-refractivity contribution in [3.05, 3.63) is 70.3 Å². The minimum Gasteiger partial charge on any atom is -0.394 e. The highest BCUT2D eigenvalue weighted by atomic mass is 16.5. The highest BCUT2D eigenvalue weighted by Gasteiger charge is 2.44. The molecule has 0 saturated carbocycles. The predicted molar refractivity (Wildman–Crippen MR) is 102 cm³/mol. The molecular formula is C22H26O6. The van der Waals surface area contributed by atoms with E-state index in [1.54, 1.807) is 0 Å². The Morgan fingerprint density at radius 2 is 1.64 bits per heavy atom. The molecule has 0 amide bonds. The first-order chi connectivity index (χ1) is 13.5. The number of rotatable bonds is 4. The summed E-state index contributed by atoms with van der Waals surface area (Å²) in [6.07, 6.45) is -5.04. The molecule has 4 rings (SSSR count). The van der Waals surface area contributed by atoms with Crippen LogP contribution in [0.2, 0.25) is 0 Å². The van der Waals surface area contributed by atoms with Crippen LogP contribution in [0.15, 0.2) is 42.5 Å². The van der Waals surface area contributed by atoms with E-state index in [1.807, 2.05) is 18.2 Å². The fourth-order valence-corrected chi connectivity index (χ4v) is 4.01. The molecule has 0 radical (unpaired) electrons. The third-order valence-electron chi connectivity index (χ3n) is 5.77. The van der Waals surface area contributed by atoms with Gasteiger partial charge in [0.05, 0.1) is 13.2 Å². The Labute approximate surface area is 164 Å². The second-order valence-electron chi connectivity index (χ2n) is 7.49. The minimum absolute atomic E-state index is 0.203. The van der Waals surface area contributed by atoms with E-state index in [1.165, 1.54) is 5.56 Å². The molecular weight excluding hydrogens is 360 g/mol. The molecule has 2 heterocycles. The first-order valence-electron chi connectivity index (χ1n) is 9.67. The number of benzene rings is 2. The zero-order chi connectivity index (χ0) is 19.8. The molecule has 0 aromatic heterocycles. The van der Waals surface area contributed by atoms with E-state index < -0.39 is 37.1 Å². The van der Waals surface area contributed by atoms with Crippen LogP contribution in [0.5, 0.6) is 0 Å². The van der Waals surface area contributed by atoms with E-state index in [0.29, 0.717) is 12.2 Å². The summed E-state index contributed by atoms with van der Waals surface area (Å²) in [5.41, 5.74) is 5.06. The first kappa shape index (κ1) is 19.5. The summed E-state index contributed by atoms with van der Waals surface area (Å²) in [7, 11) is 0. The van der Waals surface area contributed by atoms with E-state index in [2.05, 4.69) is 31.2 Å². The summed E-state index contributed by atoms with van der Waals surface area (Å²) in [5.74, 6) is 0. The van der Waals surface area contributed by atoms with Gasteiger partial charge in [0.25, 0.3) is 0 Å². The van der Waals surface area contributed by atoms with Gasteiger partial charge in [-0.2, -0.15) is 0 Å². The van der Waals surface area contributed by atoms with Crippen LogP contribution >= 0.6 is 0 Å². The predicted octanol–water partition coefficient (Wildman–Crippen LogP) is 1.38. The Morgan fingerprint density at radius 3 is 2.32 bits per heavy atom. The van der Waals surface area contributed by atoms with Gasteiger partial charge < -0.3 is 29.9 Å². The molecule has 6 nitrogen and oxygen atoms in total. The Morgan fingerprint density at radius 1 is 0.929 bits per heavy atom. The average Bonchev–Trinajstić information content (AvgIpc) is 3.15.